The third-order valence-electron chi connectivity index (χ3n) is 5.58. The fourth-order valence-corrected chi connectivity index (χ4v) is 4.20. The van der Waals surface area contributed by atoms with E-state index in [2.05, 4.69) is 20.3 Å². The number of nitrogens with one attached hydrogen (secondary N) is 1. The van der Waals surface area contributed by atoms with Gasteiger partial charge in [0, 0.05) is 17.7 Å². The standard InChI is InChI=1S/C21H22N6O5/c1-21(2)31-15-13(7-23-19(29)12-6-4-3-5-11(12)8-28)30-20(16(15)32-21)27-10-26-14-17(22)24-9-25-18(14)27/h3-6,8-10,13,15-16,20H,7H2,1-2H3,(H,23,29)(H2,22,24,25)/t13-,15?,16+,20-/m1/s1. The van der Waals surface area contributed by atoms with E-state index in [1.807, 2.05) is 13.8 Å². The van der Waals surface area contributed by atoms with Crippen LogP contribution in [0.2, 0.25) is 0 Å². The number of nitrogen functional groups attached to an aromatic ring is 1. The van der Waals surface area contributed by atoms with Crippen LogP contribution in [0.3, 0.4) is 0 Å². The minimum absolute atomic E-state index is 0.160. The molecule has 11 heteroatoms. The molecule has 1 amide bonds. The Morgan fingerprint density at radius 2 is 2.00 bits per heavy atom. The van der Waals surface area contributed by atoms with Crippen molar-refractivity contribution in [2.45, 2.75) is 44.2 Å². The van der Waals surface area contributed by atoms with Gasteiger partial charge in [0.1, 0.15) is 30.2 Å². The van der Waals surface area contributed by atoms with E-state index in [1.54, 1.807) is 35.2 Å². The second kappa shape index (κ2) is 7.62. The first-order chi connectivity index (χ1) is 15.4. The zero-order valence-corrected chi connectivity index (χ0v) is 17.5. The predicted molar refractivity (Wildman–Crippen MR) is 112 cm³/mol. The van der Waals surface area contributed by atoms with Gasteiger partial charge in [0.15, 0.2) is 29.8 Å². The number of hydrogen-bond donors (Lipinski definition) is 2. The largest absolute Gasteiger partial charge is 0.382 e. The Morgan fingerprint density at radius 1 is 1.22 bits per heavy atom. The molecule has 1 unspecified atom stereocenters. The Balaban J connectivity index is 1.39. The Bertz CT molecular complexity index is 1190. The van der Waals surface area contributed by atoms with Crippen LogP contribution in [-0.2, 0) is 14.2 Å². The Morgan fingerprint density at radius 3 is 2.81 bits per heavy atom. The molecular formula is C21H22N6O5. The summed E-state index contributed by atoms with van der Waals surface area (Å²) < 4.78 is 20.2. The third kappa shape index (κ3) is 3.40. The van der Waals surface area contributed by atoms with Gasteiger partial charge >= 0.3 is 0 Å². The molecule has 2 aliphatic rings. The highest BCUT2D eigenvalue weighted by Gasteiger charge is 2.56. The number of ether oxygens (including phenoxy) is 3. The van der Waals surface area contributed by atoms with Gasteiger partial charge in [0.2, 0.25) is 0 Å². The molecule has 32 heavy (non-hydrogen) atoms. The number of benzene rings is 1. The van der Waals surface area contributed by atoms with E-state index in [1.165, 1.54) is 6.33 Å². The molecule has 166 valence electrons. The number of imidazole rings is 1. The minimum Gasteiger partial charge on any atom is -0.382 e. The number of hydrogen-bond acceptors (Lipinski definition) is 9. The molecule has 1 aromatic carbocycles. The molecule has 2 saturated heterocycles. The lowest BCUT2D eigenvalue weighted by atomic mass is 10.1. The van der Waals surface area contributed by atoms with Crippen LogP contribution in [0.1, 0.15) is 40.8 Å². The number of fused-ring (bicyclic) bond motifs is 2. The van der Waals surface area contributed by atoms with Gasteiger partial charge in [-0.25, -0.2) is 15.0 Å². The third-order valence-corrected chi connectivity index (χ3v) is 5.58. The van der Waals surface area contributed by atoms with Crippen LogP contribution < -0.4 is 11.1 Å². The second-order valence-corrected chi connectivity index (χ2v) is 8.13. The Kier molecular flexibility index (Phi) is 4.88. The van der Waals surface area contributed by atoms with Crippen molar-refractivity contribution in [3.05, 3.63) is 48.0 Å². The SMILES string of the molecule is CC1(C)OC2[C@@H](CNC(=O)c3ccccc3C=O)O[C@@H](n3cnc4c(N)ncnc43)[C@H]2O1. The molecule has 4 heterocycles. The summed E-state index contributed by atoms with van der Waals surface area (Å²) in [6.45, 7) is 3.81. The van der Waals surface area contributed by atoms with E-state index < -0.39 is 30.3 Å². The van der Waals surface area contributed by atoms with Crippen LogP contribution in [0.25, 0.3) is 11.2 Å². The lowest BCUT2D eigenvalue weighted by Crippen LogP contribution is -2.40. The van der Waals surface area contributed by atoms with Gasteiger partial charge in [-0.2, -0.15) is 0 Å². The number of amides is 1. The van der Waals surface area contributed by atoms with E-state index in [-0.39, 0.29) is 18.3 Å². The lowest BCUT2D eigenvalue weighted by molar-refractivity contribution is -0.195. The number of aromatic nitrogens is 4. The Hall–Kier alpha value is -3.41. The quantitative estimate of drug-likeness (QED) is 0.559. The molecule has 3 N–H and O–H groups in total. The summed E-state index contributed by atoms with van der Waals surface area (Å²) in [5, 5.41) is 2.84. The van der Waals surface area contributed by atoms with Crippen LogP contribution in [0.5, 0.6) is 0 Å². The molecule has 3 aromatic rings. The van der Waals surface area contributed by atoms with Gasteiger partial charge < -0.3 is 25.3 Å². The number of carbonyl (C=O) groups is 2. The average molecular weight is 438 g/mol. The normalized spacial score (nSPS) is 26.2. The molecule has 0 aliphatic carbocycles. The number of anilines is 1. The predicted octanol–water partition coefficient (Wildman–Crippen LogP) is 1.07. The average Bonchev–Trinajstić information content (AvgIpc) is 3.43. The highest BCUT2D eigenvalue weighted by atomic mass is 16.8. The van der Waals surface area contributed by atoms with Crippen molar-refractivity contribution in [2.24, 2.45) is 0 Å². The summed E-state index contributed by atoms with van der Waals surface area (Å²) in [5.74, 6) is -0.929. The van der Waals surface area contributed by atoms with Crippen LogP contribution in [0.15, 0.2) is 36.9 Å². The number of rotatable bonds is 5. The molecule has 2 aromatic heterocycles. The number of carbonyl (C=O) groups excluding carboxylic acids is 2. The summed E-state index contributed by atoms with van der Waals surface area (Å²) in [6, 6.07) is 6.59. The van der Waals surface area contributed by atoms with E-state index >= 15 is 0 Å². The van der Waals surface area contributed by atoms with Crippen LogP contribution >= 0.6 is 0 Å². The van der Waals surface area contributed by atoms with Gasteiger partial charge in [-0.15, -0.1) is 0 Å². The van der Waals surface area contributed by atoms with Crippen molar-refractivity contribution in [2.75, 3.05) is 12.3 Å². The van der Waals surface area contributed by atoms with Crippen LogP contribution in [-0.4, -0.2) is 62.4 Å². The van der Waals surface area contributed by atoms with Gasteiger partial charge in [0.05, 0.1) is 6.33 Å². The molecule has 0 radical (unpaired) electrons. The van der Waals surface area contributed by atoms with Crippen molar-refractivity contribution in [3.63, 3.8) is 0 Å². The number of nitrogens with two attached hydrogens (primary N) is 1. The van der Waals surface area contributed by atoms with Gasteiger partial charge in [-0.1, -0.05) is 18.2 Å². The zero-order chi connectivity index (χ0) is 22.5. The highest BCUT2D eigenvalue weighted by Crippen LogP contribution is 2.43. The molecule has 0 spiro atoms. The van der Waals surface area contributed by atoms with Gasteiger partial charge in [0.25, 0.3) is 5.91 Å². The summed E-state index contributed by atoms with van der Waals surface area (Å²) in [5.41, 5.74) is 7.50. The highest BCUT2D eigenvalue weighted by molar-refractivity contribution is 6.01. The zero-order valence-electron chi connectivity index (χ0n) is 17.5. The molecule has 4 atom stereocenters. The number of nitrogens with zero attached hydrogens (tertiary/aromatic N) is 4. The molecule has 2 aliphatic heterocycles. The molecular weight excluding hydrogens is 416 g/mol. The molecule has 0 saturated carbocycles. The monoisotopic (exact) mass is 438 g/mol. The molecule has 2 fully saturated rings. The van der Waals surface area contributed by atoms with Crippen molar-refractivity contribution in [1.29, 1.82) is 0 Å². The van der Waals surface area contributed by atoms with Crippen LogP contribution in [0, 0.1) is 0 Å². The maximum atomic E-state index is 12.7. The first-order valence-corrected chi connectivity index (χ1v) is 10.1. The number of aldehydes is 1. The molecule has 11 nitrogen and oxygen atoms in total. The van der Waals surface area contributed by atoms with Crippen molar-refractivity contribution < 1.29 is 23.8 Å². The second-order valence-electron chi connectivity index (χ2n) is 8.13. The molecule has 0 bridgehead atoms. The summed E-state index contributed by atoms with van der Waals surface area (Å²) in [7, 11) is 0. The summed E-state index contributed by atoms with van der Waals surface area (Å²) in [4.78, 5) is 36.5. The topological polar surface area (TPSA) is 143 Å². The molecule has 5 rings (SSSR count). The lowest BCUT2D eigenvalue weighted by Gasteiger charge is -2.25. The maximum Gasteiger partial charge on any atom is 0.252 e. The first kappa shape index (κ1) is 20.5. The van der Waals surface area contributed by atoms with E-state index in [0.717, 1.165) is 0 Å². The first-order valence-electron chi connectivity index (χ1n) is 10.1. The van der Waals surface area contributed by atoms with Crippen molar-refractivity contribution in [1.82, 2.24) is 24.8 Å². The van der Waals surface area contributed by atoms with E-state index in [4.69, 9.17) is 19.9 Å². The van der Waals surface area contributed by atoms with E-state index in [0.29, 0.717) is 28.6 Å². The summed E-state index contributed by atoms with van der Waals surface area (Å²) >= 11 is 0. The fourth-order valence-electron chi connectivity index (χ4n) is 4.20. The minimum atomic E-state index is -0.825. The van der Waals surface area contributed by atoms with Crippen LogP contribution in [0.4, 0.5) is 5.82 Å². The van der Waals surface area contributed by atoms with E-state index in [9.17, 15) is 9.59 Å². The van der Waals surface area contributed by atoms with Crippen molar-refractivity contribution in [3.8, 4) is 0 Å². The van der Waals surface area contributed by atoms with Gasteiger partial charge in [-0.3, -0.25) is 14.2 Å². The maximum absolute atomic E-state index is 12.7. The smallest absolute Gasteiger partial charge is 0.252 e. The van der Waals surface area contributed by atoms with Crippen molar-refractivity contribution >= 4 is 29.2 Å². The summed E-state index contributed by atoms with van der Waals surface area (Å²) in [6.07, 6.45) is 1.60. The van der Waals surface area contributed by atoms with Gasteiger partial charge in [-0.05, 0) is 19.9 Å². The fraction of sp³-hybridized carbons (Fsp3) is 0.381. The Labute approximate surface area is 182 Å².